The molecule has 8 heteroatoms. The number of hydrogen-bond donors (Lipinski definition) is 3. The zero-order valence-corrected chi connectivity index (χ0v) is 15.7. The lowest BCUT2D eigenvalue weighted by Gasteiger charge is -2.07. The van der Waals surface area contributed by atoms with Crippen LogP contribution in [0.1, 0.15) is 20.7 Å². The molecule has 1 aromatic carbocycles. The van der Waals surface area contributed by atoms with Crippen LogP contribution in [-0.2, 0) is 0 Å². The van der Waals surface area contributed by atoms with Crippen molar-refractivity contribution in [2.24, 2.45) is 0 Å². The van der Waals surface area contributed by atoms with Crippen LogP contribution >= 0.6 is 15.9 Å². The summed E-state index contributed by atoms with van der Waals surface area (Å²) in [5, 5.41) is 5.31. The maximum atomic E-state index is 12.1. The van der Waals surface area contributed by atoms with Crippen LogP contribution in [0.5, 0.6) is 0 Å². The van der Waals surface area contributed by atoms with Gasteiger partial charge in [-0.1, -0.05) is 22.0 Å². The Labute approximate surface area is 162 Å². The first-order chi connectivity index (χ1) is 13.0. The van der Waals surface area contributed by atoms with E-state index in [-0.39, 0.29) is 24.6 Å². The van der Waals surface area contributed by atoms with Gasteiger partial charge in [-0.05, 0) is 42.5 Å². The minimum atomic E-state index is -0.515. The van der Waals surface area contributed by atoms with Gasteiger partial charge in [0.15, 0.2) is 0 Å². The number of furan rings is 1. The zero-order chi connectivity index (χ0) is 19.2. The lowest BCUT2D eigenvalue weighted by atomic mass is 10.2. The number of amides is 2. The van der Waals surface area contributed by atoms with Gasteiger partial charge in [-0.25, -0.2) is 0 Å². The molecule has 0 aliphatic carbocycles. The highest BCUT2D eigenvalue weighted by atomic mass is 79.9. The van der Waals surface area contributed by atoms with Gasteiger partial charge in [0, 0.05) is 23.1 Å². The molecular formula is C19H16BrN3O4. The summed E-state index contributed by atoms with van der Waals surface area (Å²) in [5.74, 6) is -0.250. The number of carbonyl (C=O) groups excluding carboxylic acids is 2. The summed E-state index contributed by atoms with van der Waals surface area (Å²) >= 11 is 3.31. The summed E-state index contributed by atoms with van der Waals surface area (Å²) in [5.41, 5.74) is 0.478. The number of pyridine rings is 1. The molecule has 0 atom stereocenters. The minimum absolute atomic E-state index is 0.0105. The number of rotatable bonds is 6. The number of benzene rings is 1. The Hall–Kier alpha value is -3.13. The van der Waals surface area contributed by atoms with E-state index in [1.54, 1.807) is 36.4 Å². The lowest BCUT2D eigenvalue weighted by Crippen LogP contribution is -2.36. The number of aromatic nitrogens is 1. The van der Waals surface area contributed by atoms with Gasteiger partial charge >= 0.3 is 0 Å². The fourth-order valence-corrected chi connectivity index (χ4v) is 2.81. The summed E-state index contributed by atoms with van der Waals surface area (Å²) in [7, 11) is 0. The first kappa shape index (κ1) is 18.7. The molecule has 2 heterocycles. The Morgan fingerprint density at radius 3 is 2.44 bits per heavy atom. The van der Waals surface area contributed by atoms with Crippen molar-refractivity contribution < 1.29 is 14.0 Å². The Morgan fingerprint density at radius 2 is 1.78 bits per heavy atom. The Balaban J connectivity index is 1.52. The second-order valence-corrected chi connectivity index (χ2v) is 6.53. The number of aromatic amines is 1. The predicted molar refractivity (Wildman–Crippen MR) is 104 cm³/mol. The normalized spacial score (nSPS) is 10.4. The molecule has 0 fully saturated rings. The molecule has 0 saturated heterocycles. The molecule has 27 heavy (non-hydrogen) atoms. The van der Waals surface area contributed by atoms with Crippen molar-refractivity contribution in [3.63, 3.8) is 0 Å². The van der Waals surface area contributed by atoms with Crippen molar-refractivity contribution >= 4 is 27.7 Å². The summed E-state index contributed by atoms with van der Waals surface area (Å²) < 4.78 is 6.01. The minimum Gasteiger partial charge on any atom is -0.463 e. The first-order valence-electron chi connectivity index (χ1n) is 8.14. The highest BCUT2D eigenvalue weighted by molar-refractivity contribution is 9.10. The molecule has 3 aromatic rings. The highest BCUT2D eigenvalue weighted by Gasteiger charge is 2.12. The fraction of sp³-hybridized carbons (Fsp3) is 0.105. The van der Waals surface area contributed by atoms with Crippen LogP contribution in [0.3, 0.4) is 0 Å². The summed E-state index contributed by atoms with van der Waals surface area (Å²) in [6.45, 7) is 0.428. The number of carbonyl (C=O) groups is 2. The van der Waals surface area contributed by atoms with E-state index < -0.39 is 11.5 Å². The van der Waals surface area contributed by atoms with Crippen LogP contribution in [0.15, 0.2) is 68.5 Å². The molecule has 3 N–H and O–H groups in total. The lowest BCUT2D eigenvalue weighted by molar-refractivity contribution is 0.0927. The number of halogens is 1. The summed E-state index contributed by atoms with van der Waals surface area (Å²) in [4.78, 5) is 38.9. The second-order valence-electron chi connectivity index (χ2n) is 5.61. The van der Waals surface area contributed by atoms with Crippen LogP contribution in [0.4, 0.5) is 0 Å². The van der Waals surface area contributed by atoms with Crippen LogP contribution in [0.25, 0.3) is 11.5 Å². The van der Waals surface area contributed by atoms with Crippen LogP contribution in [-0.4, -0.2) is 29.9 Å². The van der Waals surface area contributed by atoms with E-state index in [2.05, 4.69) is 31.5 Å². The third-order valence-corrected chi connectivity index (χ3v) is 4.22. The van der Waals surface area contributed by atoms with E-state index in [0.717, 1.165) is 4.47 Å². The molecule has 0 spiro atoms. The van der Waals surface area contributed by atoms with Gasteiger partial charge in [-0.15, -0.1) is 0 Å². The molecule has 0 aliphatic rings. The third-order valence-electron chi connectivity index (χ3n) is 3.72. The van der Waals surface area contributed by atoms with E-state index in [4.69, 9.17) is 4.42 Å². The summed E-state index contributed by atoms with van der Waals surface area (Å²) in [6, 6.07) is 13.4. The molecule has 0 bridgehead atoms. The average Bonchev–Trinajstić information content (AvgIpc) is 3.19. The van der Waals surface area contributed by atoms with E-state index in [9.17, 15) is 14.4 Å². The highest BCUT2D eigenvalue weighted by Crippen LogP contribution is 2.15. The van der Waals surface area contributed by atoms with Gasteiger partial charge < -0.3 is 20.0 Å². The molecule has 3 rings (SSSR count). The molecular weight excluding hydrogens is 414 g/mol. The quantitative estimate of drug-likeness (QED) is 0.523. The fourth-order valence-electron chi connectivity index (χ4n) is 2.41. The molecule has 2 aromatic heterocycles. The van der Waals surface area contributed by atoms with Gasteiger partial charge in [-0.2, -0.15) is 0 Å². The van der Waals surface area contributed by atoms with Gasteiger partial charge in [-0.3, -0.25) is 14.4 Å². The third kappa shape index (κ3) is 4.73. The standard InChI is InChI=1S/C19H16BrN3O4/c20-13-4-1-3-12(11-13)17(24)21-8-9-22-18(25)14-6-7-15(23-19(14)26)16-5-2-10-27-16/h1-7,10-11H,8-9H2,(H,21,24)(H,22,25)(H,23,26). The molecule has 0 radical (unpaired) electrons. The van der Waals surface area contributed by atoms with Crippen LogP contribution < -0.4 is 16.2 Å². The monoisotopic (exact) mass is 429 g/mol. The predicted octanol–water partition coefficient (Wildman–Crippen LogP) is 2.56. The number of nitrogens with one attached hydrogen (secondary N) is 3. The van der Waals surface area contributed by atoms with Crippen molar-refractivity contribution in [3.8, 4) is 11.5 Å². The Kier molecular flexibility index (Phi) is 5.87. The topological polar surface area (TPSA) is 104 Å². The van der Waals surface area contributed by atoms with E-state index in [0.29, 0.717) is 17.0 Å². The molecule has 138 valence electrons. The van der Waals surface area contributed by atoms with Gasteiger partial charge in [0.2, 0.25) is 0 Å². The van der Waals surface area contributed by atoms with Crippen LogP contribution in [0.2, 0.25) is 0 Å². The van der Waals surface area contributed by atoms with Gasteiger partial charge in [0.25, 0.3) is 17.4 Å². The van der Waals surface area contributed by atoms with E-state index in [1.807, 2.05) is 6.07 Å². The van der Waals surface area contributed by atoms with Gasteiger partial charge in [0.05, 0.1) is 12.0 Å². The van der Waals surface area contributed by atoms with Crippen molar-refractivity contribution in [1.82, 2.24) is 15.6 Å². The second kappa shape index (κ2) is 8.50. The van der Waals surface area contributed by atoms with Crippen molar-refractivity contribution in [3.05, 3.63) is 80.7 Å². The first-order valence-corrected chi connectivity index (χ1v) is 8.93. The van der Waals surface area contributed by atoms with Gasteiger partial charge in [0.1, 0.15) is 11.3 Å². The Morgan fingerprint density at radius 1 is 1.00 bits per heavy atom. The number of hydrogen-bond acceptors (Lipinski definition) is 4. The molecule has 2 amide bonds. The van der Waals surface area contributed by atoms with Crippen LogP contribution in [0, 0.1) is 0 Å². The van der Waals surface area contributed by atoms with Crippen molar-refractivity contribution in [2.75, 3.05) is 13.1 Å². The zero-order valence-electron chi connectivity index (χ0n) is 14.1. The average molecular weight is 430 g/mol. The molecule has 0 unspecified atom stereocenters. The largest absolute Gasteiger partial charge is 0.463 e. The Bertz CT molecular complexity index is 1010. The molecule has 0 aliphatic heterocycles. The SMILES string of the molecule is O=C(NCCNC(=O)c1ccc(-c2ccco2)[nH]c1=O)c1cccc(Br)c1. The molecule has 7 nitrogen and oxygen atoms in total. The van der Waals surface area contributed by atoms with Crippen molar-refractivity contribution in [1.29, 1.82) is 0 Å². The van der Waals surface area contributed by atoms with Crippen molar-refractivity contribution in [2.45, 2.75) is 0 Å². The summed E-state index contributed by atoms with van der Waals surface area (Å²) in [6.07, 6.45) is 1.50. The maximum absolute atomic E-state index is 12.1. The molecule has 0 saturated carbocycles. The smallest absolute Gasteiger partial charge is 0.261 e. The van der Waals surface area contributed by atoms with E-state index in [1.165, 1.54) is 12.3 Å². The number of H-pyrrole nitrogens is 1. The van der Waals surface area contributed by atoms with E-state index >= 15 is 0 Å². The maximum Gasteiger partial charge on any atom is 0.261 e.